The predicted molar refractivity (Wildman–Crippen MR) is 138 cm³/mol. The van der Waals surface area contributed by atoms with Crippen molar-refractivity contribution in [3.8, 4) is 5.75 Å². The van der Waals surface area contributed by atoms with Gasteiger partial charge in [0.05, 0.1) is 12.7 Å². The van der Waals surface area contributed by atoms with Gasteiger partial charge in [-0.05, 0) is 61.4 Å². The molecule has 2 N–H and O–H groups in total. The lowest BCUT2D eigenvalue weighted by atomic mass is 9.78. The van der Waals surface area contributed by atoms with Crippen molar-refractivity contribution in [3.05, 3.63) is 76.7 Å². The number of aliphatic hydroxyl groups is 1. The molecule has 1 unspecified atom stereocenters. The largest absolute Gasteiger partial charge is 0.511 e. The maximum absolute atomic E-state index is 13.2. The zero-order valence-electron chi connectivity index (χ0n) is 20.4. The summed E-state index contributed by atoms with van der Waals surface area (Å²) in [5, 5.41) is 11.9. The van der Waals surface area contributed by atoms with Gasteiger partial charge in [-0.2, -0.15) is 0 Å². The number of aryl methyl sites for hydroxylation is 1. The number of rotatable bonds is 8. The number of aliphatic imine (C=N–C) groups is 1. The van der Waals surface area contributed by atoms with Gasteiger partial charge in [0, 0.05) is 41.7 Å². The summed E-state index contributed by atoms with van der Waals surface area (Å²) in [6.45, 7) is 4.71. The number of ketones is 1. The van der Waals surface area contributed by atoms with E-state index in [-0.39, 0.29) is 17.5 Å². The minimum Gasteiger partial charge on any atom is -0.511 e. The molecule has 5 nitrogen and oxygen atoms in total. The van der Waals surface area contributed by atoms with Gasteiger partial charge in [-0.25, -0.2) is 0 Å². The van der Waals surface area contributed by atoms with Crippen molar-refractivity contribution < 1.29 is 14.6 Å². The molecule has 5 heteroatoms. The number of H-pyrrole nitrogens is 1. The fraction of sp³-hybridized carbons (Fsp3) is 0.379. The second-order valence-electron chi connectivity index (χ2n) is 9.08. The Hall–Kier alpha value is -3.34. The average molecular weight is 459 g/mol. The standard InChI is InChI=1S/C29H34N2O3/c1-4-5-11-27(32)29-26(16-21(17-28(29)33)20-9-7-6-8-10-20)30-15-14-23-19(2)31-25-13-12-22(34-3)18-24(23)25/h6-10,12-13,18,21,31-32H,4-5,11,14-17H2,1-3H3/b29-27+,30-26?. The van der Waals surface area contributed by atoms with Crippen LogP contribution in [0.1, 0.15) is 61.8 Å². The van der Waals surface area contributed by atoms with Gasteiger partial charge >= 0.3 is 0 Å². The minimum absolute atomic E-state index is 0.000433. The zero-order chi connectivity index (χ0) is 24.1. The van der Waals surface area contributed by atoms with Crippen molar-refractivity contribution in [2.75, 3.05) is 13.7 Å². The first-order chi connectivity index (χ1) is 16.5. The number of methoxy groups -OCH3 is 1. The van der Waals surface area contributed by atoms with Crippen molar-refractivity contribution in [2.24, 2.45) is 4.99 Å². The molecule has 0 aliphatic heterocycles. The number of nitrogens with zero attached hydrogens (tertiary/aromatic N) is 1. The third kappa shape index (κ3) is 5.09. The van der Waals surface area contributed by atoms with E-state index in [1.54, 1.807) is 7.11 Å². The Balaban J connectivity index is 1.62. The Morgan fingerprint density at radius 2 is 1.97 bits per heavy atom. The molecule has 1 heterocycles. The molecule has 1 atom stereocenters. The molecule has 0 amide bonds. The average Bonchev–Trinajstić information content (AvgIpc) is 3.16. The van der Waals surface area contributed by atoms with E-state index in [0.29, 0.717) is 31.4 Å². The quantitative estimate of drug-likeness (QED) is 0.294. The van der Waals surface area contributed by atoms with Crippen LogP contribution in [0.2, 0.25) is 0 Å². The van der Waals surface area contributed by atoms with E-state index < -0.39 is 0 Å². The van der Waals surface area contributed by atoms with Crippen LogP contribution in [0.25, 0.3) is 10.9 Å². The van der Waals surface area contributed by atoms with Crippen LogP contribution in [-0.4, -0.2) is 35.2 Å². The molecule has 178 valence electrons. The van der Waals surface area contributed by atoms with Gasteiger partial charge in [-0.3, -0.25) is 9.79 Å². The van der Waals surface area contributed by atoms with Crippen LogP contribution < -0.4 is 4.74 Å². The van der Waals surface area contributed by atoms with Crippen molar-refractivity contribution in [1.29, 1.82) is 0 Å². The summed E-state index contributed by atoms with van der Waals surface area (Å²) in [6, 6.07) is 16.2. The van der Waals surface area contributed by atoms with E-state index in [4.69, 9.17) is 9.73 Å². The zero-order valence-corrected chi connectivity index (χ0v) is 20.4. The van der Waals surface area contributed by atoms with Crippen LogP contribution in [0, 0.1) is 6.92 Å². The molecular formula is C29H34N2O3. The van der Waals surface area contributed by atoms with Crippen molar-refractivity contribution in [1.82, 2.24) is 4.98 Å². The van der Waals surface area contributed by atoms with E-state index in [1.165, 1.54) is 5.56 Å². The molecule has 0 saturated heterocycles. The SMILES string of the molecule is CCCC/C(O)=C1\C(=O)CC(c2ccccc2)CC1=NCCc1c(C)[nH]c2ccc(OC)cc12. The number of benzene rings is 2. The van der Waals surface area contributed by atoms with Gasteiger partial charge in [-0.1, -0.05) is 43.7 Å². The molecule has 1 aliphatic rings. The van der Waals surface area contributed by atoms with Gasteiger partial charge in [0.1, 0.15) is 11.5 Å². The second kappa shape index (κ2) is 10.7. The highest BCUT2D eigenvalue weighted by atomic mass is 16.5. The molecule has 4 rings (SSSR count). The number of hydrogen-bond donors (Lipinski definition) is 2. The Morgan fingerprint density at radius 1 is 1.18 bits per heavy atom. The molecular weight excluding hydrogens is 424 g/mol. The highest BCUT2D eigenvalue weighted by Gasteiger charge is 2.32. The molecule has 1 saturated carbocycles. The molecule has 1 aromatic heterocycles. The number of fused-ring (bicyclic) bond motifs is 1. The summed E-state index contributed by atoms with van der Waals surface area (Å²) >= 11 is 0. The maximum Gasteiger partial charge on any atom is 0.168 e. The number of ether oxygens (including phenoxy) is 1. The summed E-state index contributed by atoms with van der Waals surface area (Å²) in [5.41, 5.74) is 5.75. The molecule has 0 bridgehead atoms. The first-order valence-corrected chi connectivity index (χ1v) is 12.2. The number of unbranched alkanes of at least 4 members (excludes halogenated alkanes) is 1. The van der Waals surface area contributed by atoms with E-state index in [2.05, 4.69) is 37.0 Å². The van der Waals surface area contributed by atoms with Crippen molar-refractivity contribution in [2.45, 2.75) is 58.3 Å². The first-order valence-electron chi connectivity index (χ1n) is 12.2. The molecule has 1 fully saturated rings. The van der Waals surface area contributed by atoms with Crippen LogP contribution in [-0.2, 0) is 11.2 Å². The number of carbonyl (C=O) groups is 1. The van der Waals surface area contributed by atoms with Gasteiger partial charge in [0.25, 0.3) is 0 Å². The Bertz CT molecular complexity index is 1220. The van der Waals surface area contributed by atoms with Gasteiger partial charge < -0.3 is 14.8 Å². The smallest absolute Gasteiger partial charge is 0.168 e. The predicted octanol–water partition coefficient (Wildman–Crippen LogP) is 6.62. The first kappa shape index (κ1) is 23.8. The number of aliphatic hydroxyl groups excluding tert-OH is 1. The van der Waals surface area contributed by atoms with Crippen LogP contribution in [0.4, 0.5) is 0 Å². The Kier molecular flexibility index (Phi) is 7.51. The lowest BCUT2D eigenvalue weighted by Crippen LogP contribution is -2.27. The summed E-state index contributed by atoms with van der Waals surface area (Å²) < 4.78 is 5.41. The van der Waals surface area contributed by atoms with Gasteiger partial charge in [-0.15, -0.1) is 0 Å². The van der Waals surface area contributed by atoms with Crippen LogP contribution in [0.15, 0.2) is 64.9 Å². The number of aromatic nitrogens is 1. The van der Waals surface area contributed by atoms with Crippen LogP contribution in [0.3, 0.4) is 0 Å². The number of carbonyl (C=O) groups excluding carboxylic acids is 1. The number of aromatic amines is 1. The molecule has 1 aliphatic carbocycles. The summed E-state index contributed by atoms with van der Waals surface area (Å²) in [6.07, 6.45) is 4.17. The highest BCUT2D eigenvalue weighted by molar-refractivity contribution is 6.24. The van der Waals surface area contributed by atoms with Gasteiger partial charge in [0.2, 0.25) is 0 Å². The Labute approximate surface area is 201 Å². The third-order valence-corrected chi connectivity index (χ3v) is 6.76. The minimum atomic E-state index is 0.000433. The Morgan fingerprint density at radius 3 is 2.71 bits per heavy atom. The fourth-order valence-electron chi connectivity index (χ4n) is 4.91. The monoisotopic (exact) mass is 458 g/mol. The number of Topliss-reactive ketones (excluding diaryl/α,β-unsaturated/α-hetero) is 1. The number of nitrogens with one attached hydrogen (secondary N) is 1. The second-order valence-corrected chi connectivity index (χ2v) is 9.08. The molecule has 0 spiro atoms. The van der Waals surface area contributed by atoms with Crippen LogP contribution >= 0.6 is 0 Å². The van der Waals surface area contributed by atoms with Crippen molar-refractivity contribution >= 4 is 22.4 Å². The number of allylic oxidation sites excluding steroid dienone is 2. The lowest BCUT2D eigenvalue weighted by molar-refractivity contribution is -0.116. The van der Waals surface area contributed by atoms with E-state index in [0.717, 1.165) is 52.9 Å². The van der Waals surface area contributed by atoms with Crippen molar-refractivity contribution in [3.63, 3.8) is 0 Å². The molecule has 34 heavy (non-hydrogen) atoms. The fourth-order valence-corrected chi connectivity index (χ4v) is 4.91. The highest BCUT2D eigenvalue weighted by Crippen LogP contribution is 2.34. The van der Waals surface area contributed by atoms with E-state index in [9.17, 15) is 9.90 Å². The number of hydrogen-bond acceptors (Lipinski definition) is 4. The third-order valence-electron chi connectivity index (χ3n) is 6.76. The summed E-state index contributed by atoms with van der Waals surface area (Å²) in [5.74, 6) is 1.12. The van der Waals surface area contributed by atoms with E-state index in [1.807, 2.05) is 30.3 Å². The summed E-state index contributed by atoms with van der Waals surface area (Å²) in [4.78, 5) is 21.5. The normalized spacial score (nSPS) is 19.1. The molecule has 2 aromatic carbocycles. The van der Waals surface area contributed by atoms with Crippen LogP contribution in [0.5, 0.6) is 5.75 Å². The molecule has 3 aromatic rings. The topological polar surface area (TPSA) is 74.7 Å². The van der Waals surface area contributed by atoms with E-state index >= 15 is 0 Å². The summed E-state index contributed by atoms with van der Waals surface area (Å²) in [7, 11) is 1.68. The molecule has 0 radical (unpaired) electrons. The lowest BCUT2D eigenvalue weighted by Gasteiger charge is -2.26. The van der Waals surface area contributed by atoms with Gasteiger partial charge in [0.15, 0.2) is 5.78 Å². The maximum atomic E-state index is 13.2.